The molecule has 0 fully saturated rings. The van der Waals surface area contributed by atoms with Crippen molar-refractivity contribution >= 4 is 41.0 Å². The van der Waals surface area contributed by atoms with Crippen molar-refractivity contribution in [2.45, 2.75) is 0 Å². The lowest BCUT2D eigenvalue weighted by atomic mass is 10.1. The summed E-state index contributed by atoms with van der Waals surface area (Å²) in [7, 11) is 1.14. The van der Waals surface area contributed by atoms with Crippen LogP contribution in [0.15, 0.2) is 23.8 Å². The van der Waals surface area contributed by atoms with Crippen LogP contribution in [0.5, 0.6) is 0 Å². The molecule has 0 aliphatic carbocycles. The molecule has 0 aliphatic rings. The minimum absolute atomic E-state index is 0.0822. The third-order valence-electron chi connectivity index (χ3n) is 2.09. The molecule has 6 heteroatoms. The number of ketones is 1. The third kappa shape index (κ3) is 3.55. The van der Waals surface area contributed by atoms with E-state index in [1.54, 1.807) is 0 Å². The van der Waals surface area contributed by atoms with Gasteiger partial charge in [-0.25, -0.2) is 9.18 Å². The van der Waals surface area contributed by atoms with Crippen molar-refractivity contribution < 1.29 is 18.7 Å². The lowest BCUT2D eigenvalue weighted by Gasteiger charge is -2.04. The smallest absolute Gasteiger partial charge is 0.341 e. The minimum Gasteiger partial charge on any atom is -0.465 e. The number of Topliss-reactive ketones (excluding diaryl/α,β-unsaturated/α-hetero) is 1. The molecule has 3 nitrogen and oxygen atoms in total. The predicted octanol–water partition coefficient (Wildman–Crippen LogP) is 2.84. The number of methoxy groups -OCH3 is 1. The van der Waals surface area contributed by atoms with Crippen LogP contribution in [0, 0.1) is 5.82 Å². The van der Waals surface area contributed by atoms with Crippen LogP contribution in [0.4, 0.5) is 4.39 Å². The summed E-state index contributed by atoms with van der Waals surface area (Å²) in [6.45, 7) is 0. The lowest BCUT2D eigenvalue weighted by Crippen LogP contribution is -2.15. The quantitative estimate of drug-likeness (QED) is 0.282. The fourth-order valence-electron chi connectivity index (χ4n) is 1.21. The van der Waals surface area contributed by atoms with Gasteiger partial charge in [-0.15, -0.1) is 11.6 Å². The number of alkyl halides is 1. The van der Waals surface area contributed by atoms with Gasteiger partial charge in [0, 0.05) is 0 Å². The van der Waals surface area contributed by atoms with E-state index in [4.69, 9.17) is 23.2 Å². The molecule has 18 heavy (non-hydrogen) atoms. The second-order valence-electron chi connectivity index (χ2n) is 3.27. The summed E-state index contributed by atoms with van der Waals surface area (Å²) in [5.41, 5.74) is 0.0953. The first-order valence-electron chi connectivity index (χ1n) is 4.83. The Hall–Kier alpha value is -1.39. The lowest BCUT2D eigenvalue weighted by molar-refractivity contribution is -0.137. The molecule has 0 radical (unpaired) electrons. The number of benzene rings is 1. The van der Waals surface area contributed by atoms with Gasteiger partial charge >= 0.3 is 5.97 Å². The molecule has 0 spiro atoms. The number of hydrogen-bond donors (Lipinski definition) is 0. The first-order valence-corrected chi connectivity index (χ1v) is 5.75. The second kappa shape index (κ2) is 6.52. The molecule has 0 aromatic heterocycles. The Balaban J connectivity index is 3.23. The Bertz CT molecular complexity index is 494. The van der Waals surface area contributed by atoms with E-state index >= 15 is 0 Å². The molecular formula is C12H9Cl2FO3. The highest BCUT2D eigenvalue weighted by atomic mass is 35.5. The Morgan fingerprint density at radius 2 is 2.11 bits per heavy atom. The number of halogens is 3. The fourth-order valence-corrected chi connectivity index (χ4v) is 1.58. The fraction of sp³-hybridized carbons (Fsp3) is 0.167. The molecule has 0 atom stereocenters. The van der Waals surface area contributed by atoms with E-state index in [0.717, 1.165) is 19.2 Å². The van der Waals surface area contributed by atoms with Gasteiger partial charge < -0.3 is 4.74 Å². The molecular weight excluding hydrogens is 282 g/mol. The van der Waals surface area contributed by atoms with E-state index in [9.17, 15) is 14.0 Å². The van der Waals surface area contributed by atoms with Crippen molar-refractivity contribution in [3.63, 3.8) is 0 Å². The van der Waals surface area contributed by atoms with E-state index in [1.807, 2.05) is 0 Å². The van der Waals surface area contributed by atoms with Crippen LogP contribution >= 0.6 is 23.2 Å². The van der Waals surface area contributed by atoms with Crippen molar-refractivity contribution in [1.82, 2.24) is 0 Å². The van der Waals surface area contributed by atoms with Gasteiger partial charge in [-0.2, -0.15) is 0 Å². The summed E-state index contributed by atoms with van der Waals surface area (Å²) in [6.07, 6.45) is 1.22. The van der Waals surface area contributed by atoms with Crippen LogP contribution in [0.25, 0.3) is 6.08 Å². The van der Waals surface area contributed by atoms with Crippen LogP contribution in [0.3, 0.4) is 0 Å². The normalized spacial score (nSPS) is 11.2. The van der Waals surface area contributed by atoms with Gasteiger partial charge in [-0.05, 0) is 23.8 Å². The SMILES string of the molecule is COC(=O)C(=Cc1ccc(F)cc1Cl)C(=O)CCl. The van der Waals surface area contributed by atoms with Crippen molar-refractivity contribution in [3.05, 3.63) is 40.2 Å². The summed E-state index contributed by atoms with van der Waals surface area (Å²) in [5, 5.41) is 0.0822. The first-order chi connectivity index (χ1) is 8.49. The Labute approximate surface area is 113 Å². The zero-order chi connectivity index (χ0) is 13.7. The molecule has 0 heterocycles. The maximum atomic E-state index is 12.8. The summed E-state index contributed by atoms with van der Waals surface area (Å²) in [4.78, 5) is 22.9. The van der Waals surface area contributed by atoms with Crippen molar-refractivity contribution in [2.24, 2.45) is 0 Å². The summed E-state index contributed by atoms with van der Waals surface area (Å²) in [6, 6.07) is 3.59. The average molecular weight is 291 g/mol. The van der Waals surface area contributed by atoms with E-state index in [0.29, 0.717) is 5.56 Å². The maximum Gasteiger partial charge on any atom is 0.341 e. The third-order valence-corrected chi connectivity index (χ3v) is 2.66. The number of hydrogen-bond acceptors (Lipinski definition) is 3. The van der Waals surface area contributed by atoms with E-state index < -0.39 is 17.6 Å². The summed E-state index contributed by atoms with van der Waals surface area (Å²) in [5.74, 6) is -2.29. The van der Waals surface area contributed by atoms with Gasteiger partial charge in [-0.3, -0.25) is 4.79 Å². The molecule has 0 saturated carbocycles. The molecule has 1 aromatic rings. The standard InChI is InChI=1S/C12H9Cl2FO3/c1-18-12(17)9(11(16)6-13)4-7-2-3-8(15)5-10(7)14/h2-5H,6H2,1H3. The average Bonchev–Trinajstić information content (AvgIpc) is 2.36. The van der Waals surface area contributed by atoms with Gasteiger partial charge in [0.25, 0.3) is 0 Å². The number of esters is 1. The molecule has 1 rings (SSSR count). The minimum atomic E-state index is -0.818. The van der Waals surface area contributed by atoms with Crippen molar-refractivity contribution in [3.8, 4) is 0 Å². The first kappa shape index (κ1) is 14.7. The maximum absolute atomic E-state index is 12.8. The highest BCUT2D eigenvalue weighted by Crippen LogP contribution is 2.20. The molecule has 0 bridgehead atoms. The van der Waals surface area contributed by atoms with E-state index in [2.05, 4.69) is 4.74 Å². The van der Waals surface area contributed by atoms with Crippen molar-refractivity contribution in [1.29, 1.82) is 0 Å². The van der Waals surface area contributed by atoms with Gasteiger partial charge in [0.1, 0.15) is 11.4 Å². The Morgan fingerprint density at radius 3 is 2.61 bits per heavy atom. The van der Waals surface area contributed by atoms with Crippen LogP contribution in [0.2, 0.25) is 5.02 Å². The Morgan fingerprint density at radius 1 is 1.44 bits per heavy atom. The Kier molecular flexibility index (Phi) is 5.31. The number of ether oxygens (including phenoxy) is 1. The zero-order valence-electron chi connectivity index (χ0n) is 9.38. The van der Waals surface area contributed by atoms with Crippen molar-refractivity contribution in [2.75, 3.05) is 13.0 Å². The van der Waals surface area contributed by atoms with Gasteiger partial charge in [0.15, 0.2) is 5.78 Å². The van der Waals surface area contributed by atoms with Crippen LogP contribution < -0.4 is 0 Å². The molecule has 1 aromatic carbocycles. The van der Waals surface area contributed by atoms with E-state index in [-0.39, 0.29) is 16.5 Å². The van der Waals surface area contributed by atoms with Gasteiger partial charge in [-0.1, -0.05) is 17.7 Å². The van der Waals surface area contributed by atoms with Gasteiger partial charge in [0.05, 0.1) is 18.0 Å². The topological polar surface area (TPSA) is 43.4 Å². The largest absolute Gasteiger partial charge is 0.465 e. The number of carbonyl (C=O) groups excluding carboxylic acids is 2. The molecule has 0 unspecified atom stereocenters. The number of carbonyl (C=O) groups is 2. The zero-order valence-corrected chi connectivity index (χ0v) is 10.9. The number of rotatable bonds is 4. The monoisotopic (exact) mass is 290 g/mol. The highest BCUT2D eigenvalue weighted by Gasteiger charge is 2.18. The van der Waals surface area contributed by atoms with Crippen LogP contribution in [-0.4, -0.2) is 24.7 Å². The second-order valence-corrected chi connectivity index (χ2v) is 3.95. The molecule has 0 N–H and O–H groups in total. The van der Waals surface area contributed by atoms with Gasteiger partial charge in [0.2, 0.25) is 0 Å². The molecule has 0 saturated heterocycles. The highest BCUT2D eigenvalue weighted by molar-refractivity contribution is 6.36. The summed E-state index contributed by atoms with van der Waals surface area (Å²) < 4.78 is 17.3. The molecule has 96 valence electrons. The molecule has 0 amide bonds. The van der Waals surface area contributed by atoms with Crippen LogP contribution in [-0.2, 0) is 14.3 Å². The summed E-state index contributed by atoms with van der Waals surface area (Å²) >= 11 is 11.2. The van der Waals surface area contributed by atoms with Crippen LogP contribution in [0.1, 0.15) is 5.56 Å². The predicted molar refractivity (Wildman–Crippen MR) is 67.1 cm³/mol. The molecule has 0 aliphatic heterocycles. The van der Waals surface area contributed by atoms with E-state index in [1.165, 1.54) is 12.1 Å².